The first-order valence-electron chi connectivity index (χ1n) is 13.8. The number of carbonyl (C=O) groups is 1. The van der Waals surface area contributed by atoms with E-state index in [1.54, 1.807) is 9.80 Å². The number of carbonyl (C=O) groups excluding carboxylic acids is 1. The van der Waals surface area contributed by atoms with Crippen molar-refractivity contribution in [1.29, 1.82) is 0 Å². The van der Waals surface area contributed by atoms with Crippen molar-refractivity contribution in [2.24, 2.45) is 0 Å². The number of piperazine rings is 1. The average Bonchev–Trinajstić information content (AvgIpc) is 3.39. The zero-order valence-electron chi connectivity index (χ0n) is 23.9. The van der Waals surface area contributed by atoms with Gasteiger partial charge in [0.15, 0.2) is 10.8 Å². The topological polar surface area (TPSA) is 112 Å². The summed E-state index contributed by atoms with van der Waals surface area (Å²) in [5.41, 5.74) is -1.40. The number of nitrogens with zero attached hydrogens (tertiary/aromatic N) is 6. The Kier molecular flexibility index (Phi) is 10.5. The van der Waals surface area contributed by atoms with E-state index in [0.717, 1.165) is 23.1 Å². The summed E-state index contributed by atoms with van der Waals surface area (Å²) >= 11 is 6.23. The molecule has 232 valence electrons. The van der Waals surface area contributed by atoms with Crippen LogP contribution >= 0.6 is 11.6 Å². The van der Waals surface area contributed by atoms with Gasteiger partial charge in [0.05, 0.1) is 30.4 Å². The quantitative estimate of drug-likeness (QED) is 0.270. The van der Waals surface area contributed by atoms with Crippen LogP contribution in [-0.4, -0.2) is 90.2 Å². The van der Waals surface area contributed by atoms with Crippen molar-refractivity contribution in [1.82, 2.24) is 24.6 Å². The Balaban J connectivity index is 1.18. The molecule has 11 nitrogen and oxygen atoms in total. The van der Waals surface area contributed by atoms with Crippen molar-refractivity contribution in [3.05, 3.63) is 39.5 Å². The monoisotopic (exact) mass is 632 g/mol. The fourth-order valence-electron chi connectivity index (χ4n) is 4.52. The Morgan fingerprint density at radius 1 is 1.10 bits per heavy atom. The van der Waals surface area contributed by atoms with Crippen LogP contribution in [-0.2, 0) is 27.2 Å². The largest absolute Gasteiger partial charge is 0.487 e. The number of alkyl halides is 3. The average molecular weight is 633 g/mol. The molecule has 2 saturated heterocycles. The van der Waals surface area contributed by atoms with Gasteiger partial charge in [-0.15, -0.1) is 0 Å². The third-order valence-electron chi connectivity index (χ3n) is 7.07. The third-order valence-corrected chi connectivity index (χ3v) is 9.12. The molecule has 2 fully saturated rings. The van der Waals surface area contributed by atoms with Crippen molar-refractivity contribution >= 4 is 31.5 Å². The van der Waals surface area contributed by atoms with Crippen LogP contribution in [0.3, 0.4) is 0 Å². The Morgan fingerprint density at radius 3 is 2.40 bits per heavy atom. The maximum absolute atomic E-state index is 12.9. The minimum atomic E-state index is -4.49. The van der Waals surface area contributed by atoms with E-state index in [0.29, 0.717) is 45.6 Å². The van der Waals surface area contributed by atoms with Crippen LogP contribution < -0.4 is 15.2 Å². The van der Waals surface area contributed by atoms with Crippen LogP contribution in [0.25, 0.3) is 0 Å². The number of anilines is 1. The summed E-state index contributed by atoms with van der Waals surface area (Å²) in [5.74, 6) is 0.311. The third kappa shape index (κ3) is 8.88. The molecular weight excluding hydrogens is 597 g/mol. The van der Waals surface area contributed by atoms with Crippen LogP contribution in [0.1, 0.15) is 24.8 Å². The van der Waals surface area contributed by atoms with Gasteiger partial charge in [-0.2, -0.15) is 18.3 Å². The molecule has 2 aliphatic heterocycles. The van der Waals surface area contributed by atoms with Gasteiger partial charge in [0.25, 0.3) is 5.56 Å². The molecule has 0 aromatic carbocycles. The molecule has 0 saturated carbocycles. The van der Waals surface area contributed by atoms with E-state index in [1.165, 1.54) is 6.20 Å². The number of halogens is 4. The standard InChI is InChI=1S/C26H36ClF3N6O5Si/c1-42(2,3)11-10-39-17-36-24(38)23(27)21(15-33-36)40-16-20-5-4-19(41-20)12-22(37)34-6-8-35(9-7-34)25-31-13-18(14-32-25)26(28,29)30/h13-15,19-20H,4-12,16-17H2,1-3H3. The molecular formula is C26H36ClF3N6O5Si. The molecule has 0 radical (unpaired) electrons. The van der Waals surface area contributed by atoms with Gasteiger partial charge in [0.2, 0.25) is 11.9 Å². The van der Waals surface area contributed by atoms with Gasteiger partial charge in [-0.05, 0) is 18.9 Å². The molecule has 16 heteroatoms. The molecule has 0 N–H and O–H groups in total. The zero-order chi connectivity index (χ0) is 30.5. The van der Waals surface area contributed by atoms with Gasteiger partial charge in [-0.1, -0.05) is 31.2 Å². The molecule has 2 aromatic heterocycles. The molecule has 4 heterocycles. The maximum Gasteiger partial charge on any atom is 0.419 e. The Bertz CT molecular complexity index is 1270. The van der Waals surface area contributed by atoms with E-state index >= 15 is 0 Å². The maximum atomic E-state index is 12.9. The predicted molar refractivity (Wildman–Crippen MR) is 151 cm³/mol. The number of aromatic nitrogens is 4. The number of rotatable bonds is 11. The molecule has 1 amide bonds. The molecule has 0 bridgehead atoms. The van der Waals surface area contributed by atoms with Crippen LogP contribution in [0.15, 0.2) is 23.4 Å². The first-order valence-corrected chi connectivity index (χ1v) is 17.9. The normalized spacial score (nSPS) is 19.8. The zero-order valence-corrected chi connectivity index (χ0v) is 25.7. The summed E-state index contributed by atoms with van der Waals surface area (Å²) in [6.07, 6.45) is -0.527. The van der Waals surface area contributed by atoms with E-state index in [1.807, 2.05) is 0 Å². The van der Waals surface area contributed by atoms with Gasteiger partial charge < -0.3 is 24.0 Å². The lowest BCUT2D eigenvalue weighted by molar-refractivity contribution is -0.138. The summed E-state index contributed by atoms with van der Waals surface area (Å²) in [7, 11) is -1.24. The van der Waals surface area contributed by atoms with E-state index < -0.39 is 25.4 Å². The number of ether oxygens (including phenoxy) is 3. The lowest BCUT2D eigenvalue weighted by Gasteiger charge is -2.35. The highest BCUT2D eigenvalue weighted by atomic mass is 35.5. The van der Waals surface area contributed by atoms with Crippen LogP contribution in [0.4, 0.5) is 19.1 Å². The second-order valence-electron chi connectivity index (χ2n) is 11.6. The van der Waals surface area contributed by atoms with Crippen molar-refractivity contribution in [3.8, 4) is 5.75 Å². The van der Waals surface area contributed by atoms with Crippen molar-refractivity contribution in [2.75, 3.05) is 44.3 Å². The summed E-state index contributed by atoms with van der Waals surface area (Å²) < 4.78 is 56.7. The number of hydrogen-bond donors (Lipinski definition) is 0. The van der Waals surface area contributed by atoms with Gasteiger partial charge in [-0.3, -0.25) is 9.59 Å². The van der Waals surface area contributed by atoms with Crippen molar-refractivity contribution < 1.29 is 32.2 Å². The van der Waals surface area contributed by atoms with Crippen LogP contribution in [0, 0.1) is 0 Å². The molecule has 2 aromatic rings. The second kappa shape index (κ2) is 13.7. The first-order chi connectivity index (χ1) is 19.8. The number of hydrogen-bond acceptors (Lipinski definition) is 9. The van der Waals surface area contributed by atoms with Gasteiger partial charge in [0, 0.05) is 53.3 Å². The predicted octanol–water partition coefficient (Wildman–Crippen LogP) is 3.68. The Labute approximate surface area is 247 Å². The highest BCUT2D eigenvalue weighted by Crippen LogP contribution is 2.29. The molecule has 4 rings (SSSR count). The summed E-state index contributed by atoms with van der Waals surface area (Å²) in [5, 5.41) is 4.02. The highest BCUT2D eigenvalue weighted by molar-refractivity contribution is 6.76. The van der Waals surface area contributed by atoms with Gasteiger partial charge in [-0.25, -0.2) is 14.6 Å². The Morgan fingerprint density at radius 2 is 1.76 bits per heavy atom. The fraction of sp³-hybridized carbons (Fsp3) is 0.654. The lowest BCUT2D eigenvalue weighted by Crippen LogP contribution is -2.49. The molecule has 0 aliphatic carbocycles. The van der Waals surface area contributed by atoms with E-state index in [2.05, 4.69) is 34.7 Å². The molecule has 0 spiro atoms. The summed E-state index contributed by atoms with van der Waals surface area (Å²) in [4.78, 5) is 36.5. The summed E-state index contributed by atoms with van der Waals surface area (Å²) in [6.45, 7) is 9.10. The minimum absolute atomic E-state index is 0.0165. The SMILES string of the molecule is C[Si](C)(C)CCOCn1ncc(OCC2CCC(CC(=O)N3CCN(c4ncc(C(F)(F)F)cn4)CC3)O2)c(Cl)c1=O. The highest BCUT2D eigenvalue weighted by Gasteiger charge is 2.33. The van der Waals surface area contributed by atoms with Gasteiger partial charge >= 0.3 is 6.18 Å². The van der Waals surface area contributed by atoms with Crippen LogP contribution in [0.2, 0.25) is 30.7 Å². The second-order valence-corrected chi connectivity index (χ2v) is 17.6. The van der Waals surface area contributed by atoms with Crippen LogP contribution in [0.5, 0.6) is 5.75 Å². The van der Waals surface area contributed by atoms with E-state index in [-0.39, 0.29) is 54.6 Å². The molecule has 2 unspecified atom stereocenters. The number of amides is 1. The summed E-state index contributed by atoms with van der Waals surface area (Å²) in [6, 6.07) is 0.975. The molecule has 2 aliphatic rings. The van der Waals surface area contributed by atoms with E-state index in [9.17, 15) is 22.8 Å². The first kappa shape index (κ1) is 32.2. The lowest BCUT2D eigenvalue weighted by atomic mass is 10.1. The van der Waals surface area contributed by atoms with Crippen molar-refractivity contribution in [3.63, 3.8) is 0 Å². The molecule has 2 atom stereocenters. The van der Waals surface area contributed by atoms with Gasteiger partial charge in [0.1, 0.15) is 13.3 Å². The van der Waals surface area contributed by atoms with E-state index in [4.69, 9.17) is 25.8 Å². The Hall–Kier alpha value is -2.75. The fourth-order valence-corrected chi connectivity index (χ4v) is 5.48. The van der Waals surface area contributed by atoms with Crippen molar-refractivity contribution in [2.45, 2.75) is 70.1 Å². The smallest absolute Gasteiger partial charge is 0.419 e. The minimum Gasteiger partial charge on any atom is -0.487 e. The molecule has 42 heavy (non-hydrogen) atoms.